The highest BCUT2D eigenvalue weighted by molar-refractivity contribution is 6.08. The highest BCUT2D eigenvalue weighted by Gasteiger charge is 2.22. The van der Waals surface area contributed by atoms with Crippen LogP contribution in [0.5, 0.6) is 0 Å². The Labute approximate surface area is 174 Å². The zero-order valence-electron chi connectivity index (χ0n) is 16.3. The van der Waals surface area contributed by atoms with Gasteiger partial charge in [0.2, 0.25) is 0 Å². The summed E-state index contributed by atoms with van der Waals surface area (Å²) in [5, 5.41) is 6.28. The molecule has 4 rings (SSSR count). The standard InChI is InChI=1S/C22H29N3.2ClH/c1-3-7-20(24-14-12-23-13-15-24)17-10-11-22-19(16-17)18-8-5-6-9-21(18)25(22)4-2;;/h5-6,8-11,16,20,23H,3-4,7,12-15H2,1-2H3;2*1H/t20-;;/m0../s1. The SMILES string of the molecule is CCC[C@@H](c1ccc2c(c1)c1ccccc1n2CC)N1CCNCC1.Cl.Cl. The Morgan fingerprint density at radius 2 is 1.63 bits per heavy atom. The van der Waals surface area contributed by atoms with Gasteiger partial charge in [-0.1, -0.05) is 37.6 Å². The van der Waals surface area contributed by atoms with Crippen molar-refractivity contribution < 1.29 is 0 Å². The molecule has 1 saturated heterocycles. The highest BCUT2D eigenvalue weighted by atomic mass is 35.5. The van der Waals surface area contributed by atoms with Crippen LogP contribution in [0.3, 0.4) is 0 Å². The lowest BCUT2D eigenvalue weighted by Gasteiger charge is -2.35. The van der Waals surface area contributed by atoms with Crippen LogP contribution in [-0.2, 0) is 6.54 Å². The summed E-state index contributed by atoms with van der Waals surface area (Å²) in [6.45, 7) is 10.1. The van der Waals surface area contributed by atoms with Crippen LogP contribution in [0, 0.1) is 0 Å². The number of hydrogen-bond donors (Lipinski definition) is 1. The van der Waals surface area contributed by atoms with Gasteiger partial charge >= 0.3 is 0 Å². The van der Waals surface area contributed by atoms with Crippen LogP contribution in [0.15, 0.2) is 42.5 Å². The predicted octanol–water partition coefficient (Wildman–Crippen LogP) is 5.40. The number of rotatable bonds is 5. The molecule has 0 unspecified atom stereocenters. The van der Waals surface area contributed by atoms with Crippen LogP contribution < -0.4 is 5.32 Å². The molecule has 5 heteroatoms. The molecule has 1 aliphatic rings. The summed E-state index contributed by atoms with van der Waals surface area (Å²) in [7, 11) is 0. The van der Waals surface area contributed by atoms with Gasteiger partial charge < -0.3 is 9.88 Å². The first-order valence-corrected chi connectivity index (χ1v) is 9.79. The van der Waals surface area contributed by atoms with E-state index in [1.54, 1.807) is 0 Å². The molecular formula is C22H31Cl2N3. The summed E-state index contributed by atoms with van der Waals surface area (Å²) in [5.41, 5.74) is 4.20. The predicted molar refractivity (Wildman–Crippen MR) is 122 cm³/mol. The van der Waals surface area contributed by atoms with Crippen molar-refractivity contribution in [3.05, 3.63) is 48.0 Å². The van der Waals surface area contributed by atoms with E-state index in [1.165, 1.54) is 40.2 Å². The second-order valence-corrected chi connectivity index (χ2v) is 7.13. The molecule has 3 nitrogen and oxygen atoms in total. The molecule has 1 N–H and O–H groups in total. The Balaban J connectivity index is 0.00000131. The van der Waals surface area contributed by atoms with Crippen molar-refractivity contribution in [2.45, 2.75) is 39.3 Å². The Morgan fingerprint density at radius 1 is 0.926 bits per heavy atom. The highest BCUT2D eigenvalue weighted by Crippen LogP contribution is 2.33. The molecule has 2 heterocycles. The van der Waals surface area contributed by atoms with Crippen molar-refractivity contribution in [1.82, 2.24) is 14.8 Å². The molecule has 2 aromatic carbocycles. The Kier molecular flexibility index (Phi) is 7.99. The van der Waals surface area contributed by atoms with Gasteiger partial charge in [-0.2, -0.15) is 0 Å². The van der Waals surface area contributed by atoms with Crippen LogP contribution in [0.1, 0.15) is 38.3 Å². The molecule has 1 aromatic heterocycles. The number of aromatic nitrogens is 1. The monoisotopic (exact) mass is 407 g/mol. The second kappa shape index (κ2) is 9.79. The number of aryl methyl sites for hydroxylation is 1. The van der Waals surface area contributed by atoms with Crippen LogP contribution in [0.2, 0.25) is 0 Å². The van der Waals surface area contributed by atoms with Gasteiger partial charge in [0, 0.05) is 60.6 Å². The molecule has 1 atom stereocenters. The number of para-hydroxylation sites is 1. The van der Waals surface area contributed by atoms with Crippen molar-refractivity contribution in [2.75, 3.05) is 26.2 Å². The van der Waals surface area contributed by atoms with E-state index in [2.05, 4.69) is 71.1 Å². The molecule has 1 aliphatic heterocycles. The van der Waals surface area contributed by atoms with E-state index in [0.29, 0.717) is 6.04 Å². The van der Waals surface area contributed by atoms with E-state index in [9.17, 15) is 0 Å². The van der Waals surface area contributed by atoms with Gasteiger partial charge in [-0.05, 0) is 37.1 Å². The maximum atomic E-state index is 3.48. The molecule has 0 spiro atoms. The lowest BCUT2D eigenvalue weighted by Crippen LogP contribution is -2.45. The summed E-state index contributed by atoms with van der Waals surface area (Å²) in [6, 6.07) is 16.6. The summed E-state index contributed by atoms with van der Waals surface area (Å²) in [6.07, 6.45) is 2.46. The van der Waals surface area contributed by atoms with Crippen molar-refractivity contribution >= 4 is 46.6 Å². The molecule has 0 radical (unpaired) electrons. The molecule has 3 aromatic rings. The third kappa shape index (κ3) is 4.12. The number of hydrogen-bond acceptors (Lipinski definition) is 2. The first kappa shape index (κ1) is 22.0. The normalized spacial score (nSPS) is 16.1. The number of piperazine rings is 1. The average molecular weight is 408 g/mol. The Morgan fingerprint density at radius 3 is 2.33 bits per heavy atom. The summed E-state index contributed by atoms with van der Waals surface area (Å²) < 4.78 is 2.44. The zero-order valence-corrected chi connectivity index (χ0v) is 17.9. The minimum atomic E-state index is 0. The van der Waals surface area contributed by atoms with Crippen LogP contribution in [0.4, 0.5) is 0 Å². The van der Waals surface area contributed by atoms with E-state index in [-0.39, 0.29) is 24.8 Å². The fourth-order valence-electron chi connectivity index (χ4n) is 4.45. The van der Waals surface area contributed by atoms with Crippen LogP contribution in [-0.4, -0.2) is 35.6 Å². The van der Waals surface area contributed by atoms with Crippen LogP contribution >= 0.6 is 24.8 Å². The average Bonchev–Trinajstić information content (AvgIpc) is 3.00. The maximum absolute atomic E-state index is 3.48. The van der Waals surface area contributed by atoms with E-state index in [1.807, 2.05) is 0 Å². The van der Waals surface area contributed by atoms with Crippen LogP contribution in [0.25, 0.3) is 21.8 Å². The van der Waals surface area contributed by atoms with Gasteiger partial charge in [-0.15, -0.1) is 24.8 Å². The summed E-state index contributed by atoms with van der Waals surface area (Å²) in [5.74, 6) is 0. The molecule has 148 valence electrons. The minimum Gasteiger partial charge on any atom is -0.341 e. The molecule has 0 bridgehead atoms. The number of benzene rings is 2. The summed E-state index contributed by atoms with van der Waals surface area (Å²) >= 11 is 0. The van der Waals surface area contributed by atoms with Gasteiger partial charge in [0.25, 0.3) is 0 Å². The Bertz CT molecular complexity index is 868. The molecule has 1 fully saturated rings. The molecule has 0 aliphatic carbocycles. The Hall–Kier alpha value is -1.26. The fraction of sp³-hybridized carbons (Fsp3) is 0.455. The smallest absolute Gasteiger partial charge is 0.0491 e. The number of nitrogens with zero attached hydrogens (tertiary/aromatic N) is 2. The third-order valence-electron chi connectivity index (χ3n) is 5.65. The van der Waals surface area contributed by atoms with Crippen molar-refractivity contribution in [1.29, 1.82) is 0 Å². The van der Waals surface area contributed by atoms with Gasteiger partial charge in [0.15, 0.2) is 0 Å². The molecule has 27 heavy (non-hydrogen) atoms. The van der Waals surface area contributed by atoms with E-state index < -0.39 is 0 Å². The number of fused-ring (bicyclic) bond motifs is 3. The number of halogens is 2. The van der Waals surface area contributed by atoms with Crippen molar-refractivity contribution in [3.8, 4) is 0 Å². The fourth-order valence-corrected chi connectivity index (χ4v) is 4.45. The first-order valence-electron chi connectivity index (χ1n) is 9.79. The summed E-state index contributed by atoms with van der Waals surface area (Å²) in [4.78, 5) is 2.67. The van der Waals surface area contributed by atoms with E-state index in [4.69, 9.17) is 0 Å². The molecule has 0 amide bonds. The molecule has 0 saturated carbocycles. The van der Waals surface area contributed by atoms with Gasteiger partial charge in [0.05, 0.1) is 0 Å². The van der Waals surface area contributed by atoms with Crippen molar-refractivity contribution in [3.63, 3.8) is 0 Å². The number of nitrogens with one attached hydrogen (secondary N) is 1. The first-order chi connectivity index (χ1) is 12.3. The third-order valence-corrected chi connectivity index (χ3v) is 5.65. The maximum Gasteiger partial charge on any atom is 0.0491 e. The second-order valence-electron chi connectivity index (χ2n) is 7.13. The van der Waals surface area contributed by atoms with Gasteiger partial charge in [0.1, 0.15) is 0 Å². The van der Waals surface area contributed by atoms with Crippen molar-refractivity contribution in [2.24, 2.45) is 0 Å². The van der Waals surface area contributed by atoms with E-state index >= 15 is 0 Å². The lowest BCUT2D eigenvalue weighted by atomic mass is 9.98. The minimum absolute atomic E-state index is 0. The van der Waals surface area contributed by atoms with E-state index in [0.717, 1.165) is 32.7 Å². The van der Waals surface area contributed by atoms with Gasteiger partial charge in [-0.3, -0.25) is 4.90 Å². The van der Waals surface area contributed by atoms with Gasteiger partial charge in [-0.25, -0.2) is 0 Å². The largest absolute Gasteiger partial charge is 0.341 e. The quantitative estimate of drug-likeness (QED) is 0.610. The lowest BCUT2D eigenvalue weighted by molar-refractivity contribution is 0.165. The molecular weight excluding hydrogens is 377 g/mol. The zero-order chi connectivity index (χ0) is 17.2. The topological polar surface area (TPSA) is 20.2 Å².